The number of benzene rings is 1. The maximum absolute atomic E-state index is 12.3. The molecule has 126 valence electrons. The molecule has 1 aromatic carbocycles. The van der Waals surface area contributed by atoms with E-state index < -0.39 is 34.4 Å². The maximum Gasteiger partial charge on any atom is 0.261 e. The molecule has 0 spiro atoms. The summed E-state index contributed by atoms with van der Waals surface area (Å²) in [5.41, 5.74) is -2.42. The fourth-order valence-corrected chi connectivity index (χ4v) is 2.93. The predicted octanol–water partition coefficient (Wildman–Crippen LogP) is -1.33. The number of rotatable bonds is 4. The Morgan fingerprint density at radius 3 is 1.17 bits per heavy atom. The van der Waals surface area contributed by atoms with Gasteiger partial charge in [-0.25, -0.2) is 0 Å². The highest BCUT2D eigenvalue weighted by atomic mass is 16.3. The van der Waals surface area contributed by atoms with Crippen molar-refractivity contribution < 1.29 is 10.2 Å². The average molecular weight is 332 g/mol. The van der Waals surface area contributed by atoms with E-state index in [-0.39, 0.29) is 34.6 Å². The van der Waals surface area contributed by atoms with Crippen molar-refractivity contribution in [3.63, 3.8) is 0 Å². The molecule has 24 heavy (non-hydrogen) atoms. The molecule has 2 aromatic heterocycles. The van der Waals surface area contributed by atoms with Crippen LogP contribution < -0.4 is 22.2 Å². The van der Waals surface area contributed by atoms with Crippen LogP contribution in [0.25, 0.3) is 21.5 Å². The summed E-state index contributed by atoms with van der Waals surface area (Å²) in [6.45, 7) is 2.58. The van der Waals surface area contributed by atoms with Gasteiger partial charge in [0.25, 0.3) is 22.2 Å². The van der Waals surface area contributed by atoms with Gasteiger partial charge in [0.2, 0.25) is 0 Å². The van der Waals surface area contributed by atoms with Crippen LogP contribution in [0.15, 0.2) is 31.3 Å². The summed E-state index contributed by atoms with van der Waals surface area (Å²) in [6, 6.07) is 2.49. The van der Waals surface area contributed by atoms with Crippen molar-refractivity contribution in [3.8, 4) is 0 Å². The second-order valence-electron chi connectivity index (χ2n) is 6.08. The molecule has 0 fully saturated rings. The molecule has 0 saturated heterocycles. The first-order valence-corrected chi connectivity index (χ1v) is 7.49. The van der Waals surface area contributed by atoms with Crippen LogP contribution in [0.1, 0.15) is 13.8 Å². The van der Waals surface area contributed by atoms with Crippen LogP contribution in [0.4, 0.5) is 0 Å². The zero-order valence-electron chi connectivity index (χ0n) is 13.1. The van der Waals surface area contributed by atoms with Gasteiger partial charge in [-0.3, -0.25) is 28.3 Å². The third-order valence-corrected chi connectivity index (χ3v) is 3.95. The Kier molecular flexibility index (Phi) is 3.73. The number of aliphatic hydroxyl groups excluding tert-OH is 2. The molecule has 2 atom stereocenters. The van der Waals surface area contributed by atoms with Crippen molar-refractivity contribution in [1.82, 2.24) is 9.13 Å². The van der Waals surface area contributed by atoms with Crippen LogP contribution in [0.3, 0.4) is 0 Å². The van der Waals surface area contributed by atoms with Crippen LogP contribution in [0.5, 0.6) is 0 Å². The molecule has 8 nitrogen and oxygen atoms in total. The lowest BCUT2D eigenvalue weighted by Gasteiger charge is -2.02. The van der Waals surface area contributed by atoms with E-state index in [0.29, 0.717) is 0 Å². The summed E-state index contributed by atoms with van der Waals surface area (Å²) >= 11 is 0. The highest BCUT2D eigenvalue weighted by molar-refractivity contribution is 5.97. The third-order valence-electron chi connectivity index (χ3n) is 3.95. The Labute approximate surface area is 134 Å². The molecular formula is C16H16N2O6. The standard InChI is InChI=1S/C16H16N2O6/c1-7(19)5-17-13(21)9-3-11-12(4-10(9)14(17)22)16(24)18(15(11)23)6-8(2)20/h3-4,7-8,19-20H,5-6H2,1-2H3/t7-,8-/m0/s1. The van der Waals surface area contributed by atoms with E-state index in [4.69, 9.17) is 0 Å². The first-order valence-electron chi connectivity index (χ1n) is 7.49. The van der Waals surface area contributed by atoms with Crippen molar-refractivity contribution in [3.05, 3.63) is 53.5 Å². The van der Waals surface area contributed by atoms with Gasteiger partial charge in [-0.05, 0) is 26.0 Å². The Hall–Kier alpha value is -2.58. The van der Waals surface area contributed by atoms with Gasteiger partial charge >= 0.3 is 0 Å². The topological polar surface area (TPSA) is 119 Å². The second-order valence-corrected chi connectivity index (χ2v) is 6.08. The lowest BCUT2D eigenvalue weighted by Crippen LogP contribution is -2.30. The van der Waals surface area contributed by atoms with E-state index in [9.17, 15) is 29.4 Å². The van der Waals surface area contributed by atoms with Gasteiger partial charge in [-0.1, -0.05) is 0 Å². The highest BCUT2D eigenvalue weighted by Gasteiger charge is 2.20. The first kappa shape index (κ1) is 16.3. The summed E-state index contributed by atoms with van der Waals surface area (Å²) < 4.78 is 1.79. The smallest absolute Gasteiger partial charge is 0.261 e. The monoisotopic (exact) mass is 332 g/mol. The zero-order chi connectivity index (χ0) is 17.8. The van der Waals surface area contributed by atoms with Gasteiger partial charge in [0.1, 0.15) is 0 Å². The summed E-state index contributed by atoms with van der Waals surface area (Å²) in [4.78, 5) is 49.3. The molecule has 3 aromatic rings. The molecule has 0 saturated carbocycles. The number of nitrogens with zero attached hydrogens (tertiary/aromatic N) is 2. The van der Waals surface area contributed by atoms with Crippen molar-refractivity contribution in [2.45, 2.75) is 39.1 Å². The van der Waals surface area contributed by atoms with Crippen LogP contribution >= 0.6 is 0 Å². The molecule has 0 aliphatic heterocycles. The molecule has 0 amide bonds. The van der Waals surface area contributed by atoms with Gasteiger partial charge < -0.3 is 10.2 Å². The molecule has 0 unspecified atom stereocenters. The van der Waals surface area contributed by atoms with Crippen LogP contribution in [0, 0.1) is 0 Å². The fraction of sp³-hybridized carbons (Fsp3) is 0.375. The summed E-state index contributed by atoms with van der Waals surface area (Å²) in [5, 5.41) is 19.0. The molecule has 2 heterocycles. The Bertz CT molecular complexity index is 975. The minimum Gasteiger partial charge on any atom is -0.392 e. The quantitative estimate of drug-likeness (QED) is 0.611. The SMILES string of the molecule is C[C@H](O)Cn1c(=O)c2cc3c(=O)n(C[C@H](C)O)c(=O)c3cc2c1=O. The highest BCUT2D eigenvalue weighted by Crippen LogP contribution is 2.14. The summed E-state index contributed by atoms with van der Waals surface area (Å²) in [6.07, 6.45) is -1.77. The number of aliphatic hydroxyl groups is 2. The van der Waals surface area contributed by atoms with Crippen molar-refractivity contribution >= 4 is 21.5 Å². The lowest BCUT2D eigenvalue weighted by molar-refractivity contribution is 0.171. The molecule has 3 rings (SSSR count). The zero-order valence-corrected chi connectivity index (χ0v) is 13.1. The van der Waals surface area contributed by atoms with E-state index in [1.54, 1.807) is 0 Å². The predicted molar refractivity (Wildman–Crippen MR) is 88.2 cm³/mol. The van der Waals surface area contributed by atoms with E-state index >= 15 is 0 Å². The second kappa shape index (κ2) is 5.50. The van der Waals surface area contributed by atoms with E-state index in [0.717, 1.165) is 9.13 Å². The van der Waals surface area contributed by atoms with Crippen molar-refractivity contribution in [1.29, 1.82) is 0 Å². The number of aromatic nitrogens is 2. The van der Waals surface area contributed by atoms with Crippen LogP contribution in [0.2, 0.25) is 0 Å². The Balaban J connectivity index is 2.38. The van der Waals surface area contributed by atoms with Crippen LogP contribution in [-0.4, -0.2) is 31.6 Å². The minimum absolute atomic E-state index is 0.0412. The summed E-state index contributed by atoms with van der Waals surface area (Å²) in [5.74, 6) is 0. The van der Waals surface area contributed by atoms with E-state index in [1.165, 1.54) is 26.0 Å². The fourth-order valence-electron chi connectivity index (χ4n) is 2.93. The van der Waals surface area contributed by atoms with E-state index in [1.807, 2.05) is 0 Å². The summed E-state index contributed by atoms with van der Waals surface area (Å²) in [7, 11) is 0. The molecule has 2 N–H and O–H groups in total. The van der Waals surface area contributed by atoms with Gasteiger partial charge in [0, 0.05) is 0 Å². The Morgan fingerprint density at radius 2 is 0.958 bits per heavy atom. The normalized spacial score (nSPS) is 14.5. The van der Waals surface area contributed by atoms with Crippen molar-refractivity contribution in [2.75, 3.05) is 0 Å². The molecule has 0 bridgehead atoms. The van der Waals surface area contributed by atoms with Gasteiger partial charge in [-0.15, -0.1) is 0 Å². The van der Waals surface area contributed by atoms with Gasteiger partial charge in [0.05, 0.1) is 46.8 Å². The molecule has 0 aliphatic rings. The van der Waals surface area contributed by atoms with Crippen molar-refractivity contribution in [2.24, 2.45) is 0 Å². The third kappa shape index (κ3) is 2.31. The van der Waals surface area contributed by atoms with E-state index in [2.05, 4.69) is 0 Å². The molecule has 0 radical (unpaired) electrons. The number of hydrogen-bond donors (Lipinski definition) is 2. The maximum atomic E-state index is 12.3. The largest absolute Gasteiger partial charge is 0.392 e. The van der Waals surface area contributed by atoms with Crippen LogP contribution in [-0.2, 0) is 13.1 Å². The minimum atomic E-state index is -0.885. The lowest BCUT2D eigenvalue weighted by atomic mass is 10.1. The Morgan fingerprint density at radius 1 is 0.708 bits per heavy atom. The molecule has 0 aliphatic carbocycles. The molecular weight excluding hydrogens is 316 g/mol. The number of fused-ring (bicyclic) bond motifs is 2. The van der Waals surface area contributed by atoms with Gasteiger partial charge in [-0.2, -0.15) is 0 Å². The first-order chi connectivity index (χ1) is 11.2. The number of hydrogen-bond acceptors (Lipinski definition) is 6. The average Bonchev–Trinajstić information content (AvgIpc) is 2.86. The molecule has 8 heteroatoms. The van der Waals surface area contributed by atoms with Gasteiger partial charge in [0.15, 0.2) is 0 Å².